The van der Waals surface area contributed by atoms with Crippen LogP contribution in [0.3, 0.4) is 0 Å². The molecule has 1 N–H and O–H groups in total. The molecular weight excluding hydrogens is 318 g/mol. The molecule has 5 heteroatoms. The Labute approximate surface area is 145 Å². The fourth-order valence-corrected chi connectivity index (χ4v) is 2.70. The van der Waals surface area contributed by atoms with Gasteiger partial charge in [-0.2, -0.15) is 0 Å². The van der Waals surface area contributed by atoms with E-state index in [1.54, 1.807) is 0 Å². The molecule has 0 bridgehead atoms. The van der Waals surface area contributed by atoms with Crippen molar-refractivity contribution >= 4 is 22.4 Å². The van der Waals surface area contributed by atoms with Gasteiger partial charge < -0.3 is 19.2 Å². The molecule has 0 unspecified atom stereocenters. The van der Waals surface area contributed by atoms with Gasteiger partial charge >= 0.3 is 5.97 Å². The topological polar surface area (TPSA) is 60.6 Å². The number of aromatic amines is 1. The summed E-state index contributed by atoms with van der Waals surface area (Å²) in [6, 6.07) is 15.3. The van der Waals surface area contributed by atoms with E-state index in [9.17, 15) is 4.79 Å². The monoisotopic (exact) mass is 337 g/mol. The van der Waals surface area contributed by atoms with Crippen molar-refractivity contribution in [1.29, 1.82) is 0 Å². The van der Waals surface area contributed by atoms with Gasteiger partial charge in [-0.05, 0) is 29.3 Å². The highest BCUT2D eigenvalue weighted by Crippen LogP contribution is 2.27. The van der Waals surface area contributed by atoms with Crippen LogP contribution in [0.2, 0.25) is 0 Å². The molecule has 0 spiro atoms. The molecule has 25 heavy (non-hydrogen) atoms. The molecule has 0 amide bonds. The van der Waals surface area contributed by atoms with Crippen molar-refractivity contribution in [2.75, 3.05) is 14.2 Å². The number of H-pyrrole nitrogens is 1. The van der Waals surface area contributed by atoms with Crippen molar-refractivity contribution in [2.45, 2.75) is 6.61 Å². The predicted molar refractivity (Wildman–Crippen MR) is 96.1 cm³/mol. The maximum Gasteiger partial charge on any atom is 0.341 e. The van der Waals surface area contributed by atoms with Crippen molar-refractivity contribution in [3.05, 3.63) is 72.1 Å². The zero-order valence-electron chi connectivity index (χ0n) is 14.1. The number of rotatable bonds is 6. The van der Waals surface area contributed by atoms with Crippen LogP contribution >= 0.6 is 0 Å². The molecule has 0 saturated heterocycles. The molecule has 0 radical (unpaired) electrons. The Morgan fingerprint density at radius 3 is 2.72 bits per heavy atom. The highest BCUT2D eigenvalue weighted by Gasteiger charge is 2.17. The first kappa shape index (κ1) is 16.6. The van der Waals surface area contributed by atoms with E-state index in [4.69, 9.17) is 14.2 Å². The van der Waals surface area contributed by atoms with E-state index in [0.29, 0.717) is 12.2 Å². The smallest absolute Gasteiger partial charge is 0.341 e. The zero-order valence-corrected chi connectivity index (χ0v) is 14.1. The Hall–Kier alpha value is -3.21. The first-order valence-corrected chi connectivity index (χ1v) is 7.83. The summed E-state index contributed by atoms with van der Waals surface area (Å²) in [4.78, 5) is 15.2. The number of ether oxygens (including phenoxy) is 3. The minimum absolute atomic E-state index is 0.318. The number of hydrogen-bond donors (Lipinski definition) is 1. The number of fused-ring (bicyclic) bond motifs is 1. The first-order valence-electron chi connectivity index (χ1n) is 7.83. The number of benzene rings is 2. The Morgan fingerprint density at radius 2 is 1.92 bits per heavy atom. The molecule has 0 aliphatic heterocycles. The van der Waals surface area contributed by atoms with Gasteiger partial charge in [0, 0.05) is 17.1 Å². The minimum Gasteiger partial charge on any atom is -0.503 e. The Kier molecular flexibility index (Phi) is 5.04. The fourth-order valence-electron chi connectivity index (χ4n) is 2.70. The number of methoxy groups -OCH3 is 2. The molecule has 5 nitrogen and oxygen atoms in total. The summed E-state index contributed by atoms with van der Waals surface area (Å²) < 4.78 is 15.9. The van der Waals surface area contributed by atoms with Gasteiger partial charge in [-0.1, -0.05) is 30.3 Å². The molecule has 1 aromatic heterocycles. The summed E-state index contributed by atoms with van der Waals surface area (Å²) in [6.07, 6.45) is 3.26. The second-order valence-corrected chi connectivity index (χ2v) is 5.40. The largest absolute Gasteiger partial charge is 0.503 e. The highest BCUT2D eigenvalue weighted by atomic mass is 16.5. The molecule has 0 saturated carbocycles. The van der Waals surface area contributed by atoms with E-state index < -0.39 is 5.97 Å². The first-order chi connectivity index (χ1) is 12.2. The third kappa shape index (κ3) is 3.50. The minimum atomic E-state index is -0.456. The molecule has 0 fully saturated rings. The number of carbonyl (C=O) groups excluding carboxylic acids is 1. The average Bonchev–Trinajstić information content (AvgIpc) is 3.13. The van der Waals surface area contributed by atoms with Crippen LogP contribution < -0.4 is 4.74 Å². The predicted octanol–water partition coefficient (Wildman–Crippen LogP) is 3.91. The SMILES string of the molecule is COC=C(C(=O)OC)c1ccccc1COc1cccc2[nH]ccc12. The van der Waals surface area contributed by atoms with Crippen molar-refractivity contribution in [1.82, 2.24) is 4.98 Å². The van der Waals surface area contributed by atoms with Gasteiger partial charge in [0.05, 0.1) is 20.5 Å². The Morgan fingerprint density at radius 1 is 1.08 bits per heavy atom. The quantitative estimate of drug-likeness (QED) is 0.421. The maximum absolute atomic E-state index is 12.1. The molecule has 0 aliphatic rings. The summed E-state index contributed by atoms with van der Waals surface area (Å²) in [5.74, 6) is 0.325. The van der Waals surface area contributed by atoms with Crippen molar-refractivity contribution < 1.29 is 19.0 Å². The Balaban J connectivity index is 1.90. The number of esters is 1. The number of hydrogen-bond acceptors (Lipinski definition) is 4. The van der Waals surface area contributed by atoms with Crippen LogP contribution in [0.4, 0.5) is 0 Å². The van der Waals surface area contributed by atoms with Gasteiger partial charge in [0.2, 0.25) is 0 Å². The van der Waals surface area contributed by atoms with Gasteiger partial charge in [-0.3, -0.25) is 0 Å². The lowest BCUT2D eigenvalue weighted by Gasteiger charge is -2.13. The van der Waals surface area contributed by atoms with Crippen LogP contribution in [0.5, 0.6) is 5.75 Å². The summed E-state index contributed by atoms with van der Waals surface area (Å²) >= 11 is 0. The van der Waals surface area contributed by atoms with Gasteiger partial charge in [-0.15, -0.1) is 0 Å². The molecular formula is C20H19NO4. The lowest BCUT2D eigenvalue weighted by Crippen LogP contribution is -2.08. The summed E-state index contributed by atoms with van der Waals surface area (Å²) in [6.45, 7) is 0.318. The van der Waals surface area contributed by atoms with Crippen LogP contribution in [0, 0.1) is 0 Å². The van der Waals surface area contributed by atoms with E-state index >= 15 is 0 Å². The molecule has 0 atom stereocenters. The van der Waals surface area contributed by atoms with Gasteiger partial charge in [0.1, 0.15) is 17.9 Å². The van der Waals surface area contributed by atoms with E-state index in [2.05, 4.69) is 4.98 Å². The van der Waals surface area contributed by atoms with Gasteiger partial charge in [0.15, 0.2) is 0 Å². The lowest BCUT2D eigenvalue weighted by molar-refractivity contribution is -0.133. The maximum atomic E-state index is 12.1. The van der Waals surface area contributed by atoms with Crippen LogP contribution in [0.25, 0.3) is 16.5 Å². The summed E-state index contributed by atoms with van der Waals surface area (Å²) in [7, 11) is 2.84. The Bertz CT molecular complexity index is 911. The molecule has 128 valence electrons. The second-order valence-electron chi connectivity index (χ2n) is 5.40. The second kappa shape index (κ2) is 7.57. The molecule has 0 aliphatic carbocycles. The number of aromatic nitrogens is 1. The molecule has 1 heterocycles. The highest BCUT2D eigenvalue weighted by molar-refractivity contribution is 6.16. The van der Waals surface area contributed by atoms with Crippen LogP contribution in [-0.4, -0.2) is 25.2 Å². The summed E-state index contributed by atoms with van der Waals surface area (Å²) in [5.41, 5.74) is 2.95. The molecule has 2 aromatic carbocycles. The third-order valence-electron chi connectivity index (χ3n) is 3.89. The normalized spacial score (nSPS) is 11.4. The molecule has 3 aromatic rings. The van der Waals surface area contributed by atoms with E-state index in [1.807, 2.05) is 54.7 Å². The number of nitrogens with one attached hydrogen (secondary N) is 1. The zero-order chi connectivity index (χ0) is 17.6. The van der Waals surface area contributed by atoms with E-state index in [-0.39, 0.29) is 0 Å². The van der Waals surface area contributed by atoms with Gasteiger partial charge in [-0.25, -0.2) is 4.79 Å². The standard InChI is InChI=1S/C20H19NO4/c1-23-13-17(20(22)24-2)15-7-4-3-6-14(15)12-25-19-9-5-8-18-16(19)10-11-21-18/h3-11,13,21H,12H2,1-2H3. The third-order valence-corrected chi connectivity index (χ3v) is 3.89. The van der Waals surface area contributed by atoms with E-state index in [1.165, 1.54) is 20.5 Å². The van der Waals surface area contributed by atoms with Crippen molar-refractivity contribution in [3.63, 3.8) is 0 Å². The number of carbonyl (C=O) groups is 1. The molecule has 3 rings (SSSR count). The van der Waals surface area contributed by atoms with Crippen LogP contribution in [0.15, 0.2) is 61.0 Å². The average molecular weight is 337 g/mol. The van der Waals surface area contributed by atoms with Crippen molar-refractivity contribution in [2.24, 2.45) is 0 Å². The van der Waals surface area contributed by atoms with Crippen LogP contribution in [-0.2, 0) is 20.9 Å². The fraction of sp³-hybridized carbons (Fsp3) is 0.150. The lowest BCUT2D eigenvalue weighted by atomic mass is 10.0. The van der Waals surface area contributed by atoms with Crippen molar-refractivity contribution in [3.8, 4) is 5.75 Å². The summed E-state index contributed by atoms with van der Waals surface area (Å²) in [5, 5.41) is 1.01. The van der Waals surface area contributed by atoms with Crippen LogP contribution in [0.1, 0.15) is 11.1 Å². The van der Waals surface area contributed by atoms with Gasteiger partial charge in [0.25, 0.3) is 0 Å². The van der Waals surface area contributed by atoms with E-state index in [0.717, 1.165) is 27.8 Å².